The van der Waals surface area contributed by atoms with E-state index in [0.29, 0.717) is 17.6 Å². The third kappa shape index (κ3) is 2.59. The van der Waals surface area contributed by atoms with Crippen molar-refractivity contribution in [2.24, 2.45) is 0 Å². The first kappa shape index (κ1) is 12.8. The molecule has 2 rings (SSSR count). The predicted octanol–water partition coefficient (Wildman–Crippen LogP) is 1.86. The highest BCUT2D eigenvalue weighted by Gasteiger charge is 2.13. The first-order valence-corrected chi connectivity index (χ1v) is 6.10. The molecule has 0 atom stereocenters. The molecule has 2 aromatic rings. The molecule has 0 fully saturated rings. The number of hydrogen-bond donors (Lipinski definition) is 0. The zero-order valence-electron chi connectivity index (χ0n) is 10.6. The van der Waals surface area contributed by atoms with E-state index >= 15 is 0 Å². The summed E-state index contributed by atoms with van der Waals surface area (Å²) in [6.45, 7) is 2.98. The van der Waals surface area contributed by atoms with Crippen LogP contribution in [0.3, 0.4) is 0 Å². The monoisotopic (exact) mass is 266 g/mol. The van der Waals surface area contributed by atoms with Crippen LogP contribution in [0, 0.1) is 0 Å². The maximum Gasteiger partial charge on any atom is 0.229 e. The molecule has 2 heterocycles. The molecule has 0 radical (unpaired) electrons. The molecule has 0 unspecified atom stereocenters. The van der Waals surface area contributed by atoms with Crippen molar-refractivity contribution in [3.05, 3.63) is 17.7 Å². The predicted molar refractivity (Wildman–Crippen MR) is 70.7 cm³/mol. The zero-order chi connectivity index (χ0) is 13.1. The van der Waals surface area contributed by atoms with Crippen LogP contribution in [0.5, 0.6) is 0 Å². The minimum Gasteiger partial charge on any atom is -0.347 e. The standard InChI is InChI=1S/C11H15ClN6/c1-4-6-18-7-5-13-9(18)8-14-10(12)16-11(15-8)17(2)3/h5,7H,4,6H2,1-3H3. The molecule has 18 heavy (non-hydrogen) atoms. The van der Waals surface area contributed by atoms with Gasteiger partial charge in [0.05, 0.1) is 0 Å². The van der Waals surface area contributed by atoms with Gasteiger partial charge in [-0.25, -0.2) is 4.98 Å². The molecule has 0 aliphatic heterocycles. The van der Waals surface area contributed by atoms with Gasteiger partial charge in [-0.05, 0) is 18.0 Å². The van der Waals surface area contributed by atoms with Crippen molar-refractivity contribution in [3.8, 4) is 11.6 Å². The molecular weight excluding hydrogens is 252 g/mol. The lowest BCUT2D eigenvalue weighted by Gasteiger charge is -2.11. The van der Waals surface area contributed by atoms with E-state index < -0.39 is 0 Å². The van der Waals surface area contributed by atoms with Gasteiger partial charge in [0, 0.05) is 33.0 Å². The van der Waals surface area contributed by atoms with Crippen molar-refractivity contribution in [3.63, 3.8) is 0 Å². The summed E-state index contributed by atoms with van der Waals surface area (Å²) in [4.78, 5) is 18.6. The Kier molecular flexibility index (Phi) is 3.76. The first-order chi connectivity index (χ1) is 8.61. The molecule has 2 aromatic heterocycles. The van der Waals surface area contributed by atoms with Crippen LogP contribution in [0.2, 0.25) is 5.28 Å². The molecule has 0 bridgehead atoms. The smallest absolute Gasteiger partial charge is 0.229 e. The Balaban J connectivity index is 2.46. The number of aromatic nitrogens is 5. The molecule has 0 aliphatic rings. The third-order valence-corrected chi connectivity index (χ3v) is 2.55. The Morgan fingerprint density at radius 3 is 2.72 bits per heavy atom. The van der Waals surface area contributed by atoms with E-state index in [-0.39, 0.29) is 5.28 Å². The second-order valence-electron chi connectivity index (χ2n) is 4.07. The summed E-state index contributed by atoms with van der Waals surface area (Å²) in [5, 5.41) is 0.176. The van der Waals surface area contributed by atoms with Crippen molar-refractivity contribution in [1.29, 1.82) is 0 Å². The molecule has 96 valence electrons. The second-order valence-corrected chi connectivity index (χ2v) is 4.40. The fourth-order valence-corrected chi connectivity index (χ4v) is 1.73. The summed E-state index contributed by atoms with van der Waals surface area (Å²) in [7, 11) is 3.71. The summed E-state index contributed by atoms with van der Waals surface area (Å²) >= 11 is 5.91. The fraction of sp³-hybridized carbons (Fsp3) is 0.455. The number of hydrogen-bond acceptors (Lipinski definition) is 5. The van der Waals surface area contributed by atoms with Crippen LogP contribution < -0.4 is 4.90 Å². The number of halogens is 1. The number of anilines is 1. The van der Waals surface area contributed by atoms with Crippen LogP contribution in [0.4, 0.5) is 5.95 Å². The van der Waals surface area contributed by atoms with E-state index in [2.05, 4.69) is 26.9 Å². The molecule has 0 N–H and O–H groups in total. The minimum absolute atomic E-state index is 0.176. The summed E-state index contributed by atoms with van der Waals surface area (Å²) < 4.78 is 2.01. The normalized spacial score (nSPS) is 10.7. The quantitative estimate of drug-likeness (QED) is 0.845. The molecule has 0 spiro atoms. The highest BCUT2D eigenvalue weighted by molar-refractivity contribution is 6.28. The molecule has 0 saturated carbocycles. The highest BCUT2D eigenvalue weighted by Crippen LogP contribution is 2.17. The van der Waals surface area contributed by atoms with Crippen molar-refractivity contribution in [1.82, 2.24) is 24.5 Å². The van der Waals surface area contributed by atoms with E-state index in [9.17, 15) is 0 Å². The van der Waals surface area contributed by atoms with Gasteiger partial charge in [-0.15, -0.1) is 0 Å². The van der Waals surface area contributed by atoms with Crippen LogP contribution in [0.25, 0.3) is 11.6 Å². The Morgan fingerprint density at radius 1 is 1.28 bits per heavy atom. The van der Waals surface area contributed by atoms with Crippen LogP contribution in [0.1, 0.15) is 13.3 Å². The van der Waals surface area contributed by atoms with Crippen molar-refractivity contribution >= 4 is 17.5 Å². The minimum atomic E-state index is 0.176. The molecule has 7 heteroatoms. The largest absolute Gasteiger partial charge is 0.347 e. The molecular formula is C11H15ClN6. The lowest BCUT2D eigenvalue weighted by atomic mass is 10.4. The Labute approximate surface area is 111 Å². The number of nitrogens with zero attached hydrogens (tertiary/aromatic N) is 6. The maximum atomic E-state index is 5.91. The summed E-state index contributed by atoms with van der Waals surface area (Å²) in [6, 6.07) is 0. The topological polar surface area (TPSA) is 59.7 Å². The second kappa shape index (κ2) is 5.30. The van der Waals surface area contributed by atoms with E-state index in [1.54, 1.807) is 11.1 Å². The van der Waals surface area contributed by atoms with Crippen molar-refractivity contribution < 1.29 is 0 Å². The molecule has 0 amide bonds. The van der Waals surface area contributed by atoms with E-state index in [1.165, 1.54) is 0 Å². The lowest BCUT2D eigenvalue weighted by Crippen LogP contribution is -2.14. The van der Waals surface area contributed by atoms with Gasteiger partial charge in [0.25, 0.3) is 0 Å². The molecule has 0 aliphatic carbocycles. The average Bonchev–Trinajstić information content (AvgIpc) is 2.77. The van der Waals surface area contributed by atoms with Crippen LogP contribution >= 0.6 is 11.6 Å². The van der Waals surface area contributed by atoms with Gasteiger partial charge < -0.3 is 9.47 Å². The number of imidazole rings is 1. The van der Waals surface area contributed by atoms with E-state index in [1.807, 2.05) is 24.9 Å². The van der Waals surface area contributed by atoms with E-state index in [0.717, 1.165) is 13.0 Å². The highest BCUT2D eigenvalue weighted by atomic mass is 35.5. The Hall–Kier alpha value is -1.69. The number of aryl methyl sites for hydroxylation is 1. The number of rotatable bonds is 4. The fourth-order valence-electron chi connectivity index (χ4n) is 1.58. The summed E-state index contributed by atoms with van der Waals surface area (Å²) in [6.07, 6.45) is 4.66. The zero-order valence-corrected chi connectivity index (χ0v) is 11.4. The van der Waals surface area contributed by atoms with Gasteiger partial charge in [-0.2, -0.15) is 15.0 Å². The van der Waals surface area contributed by atoms with Gasteiger partial charge in [0.1, 0.15) is 0 Å². The van der Waals surface area contributed by atoms with Gasteiger partial charge in [0.2, 0.25) is 17.1 Å². The Bertz CT molecular complexity index is 536. The van der Waals surface area contributed by atoms with Crippen LogP contribution in [-0.4, -0.2) is 38.6 Å². The first-order valence-electron chi connectivity index (χ1n) is 5.72. The van der Waals surface area contributed by atoms with Gasteiger partial charge >= 0.3 is 0 Å². The third-order valence-electron chi connectivity index (χ3n) is 2.38. The van der Waals surface area contributed by atoms with Crippen LogP contribution in [-0.2, 0) is 6.54 Å². The van der Waals surface area contributed by atoms with E-state index in [4.69, 9.17) is 11.6 Å². The lowest BCUT2D eigenvalue weighted by molar-refractivity contribution is 0.681. The van der Waals surface area contributed by atoms with Crippen LogP contribution in [0.15, 0.2) is 12.4 Å². The van der Waals surface area contributed by atoms with Gasteiger partial charge in [-0.3, -0.25) is 0 Å². The molecule has 0 saturated heterocycles. The van der Waals surface area contributed by atoms with Crippen molar-refractivity contribution in [2.45, 2.75) is 19.9 Å². The maximum absolute atomic E-state index is 5.91. The van der Waals surface area contributed by atoms with Crippen molar-refractivity contribution in [2.75, 3.05) is 19.0 Å². The van der Waals surface area contributed by atoms with Gasteiger partial charge in [0.15, 0.2) is 5.82 Å². The summed E-state index contributed by atoms with van der Waals surface area (Å²) in [5.74, 6) is 1.73. The Morgan fingerprint density at radius 2 is 2.06 bits per heavy atom. The van der Waals surface area contributed by atoms with Gasteiger partial charge in [-0.1, -0.05) is 6.92 Å². The average molecular weight is 267 g/mol. The SMILES string of the molecule is CCCn1ccnc1-c1nc(Cl)nc(N(C)C)n1. The summed E-state index contributed by atoms with van der Waals surface area (Å²) in [5.41, 5.74) is 0. The molecule has 6 nitrogen and oxygen atoms in total. The molecule has 0 aromatic carbocycles.